The Bertz CT molecular complexity index is 645. The Kier molecular flexibility index (Phi) is 3.29. The number of carboxylic acids is 1. The van der Waals surface area contributed by atoms with Gasteiger partial charge < -0.3 is 5.11 Å². The highest BCUT2D eigenvalue weighted by Crippen LogP contribution is 2.23. The SMILES string of the molecule is Cc1ccc(F)cc1-c1nc(C)c(C(=O)O)c(C)n1. The molecule has 0 aliphatic rings. The molecule has 0 amide bonds. The number of carboxylic acid groups (broad SMARTS) is 1. The fourth-order valence-electron chi connectivity index (χ4n) is 1.98. The van der Waals surface area contributed by atoms with Crippen LogP contribution in [0.25, 0.3) is 11.4 Å². The molecule has 0 fully saturated rings. The minimum atomic E-state index is -1.06. The van der Waals surface area contributed by atoms with Crippen molar-refractivity contribution in [2.75, 3.05) is 0 Å². The number of carbonyl (C=O) groups is 1. The lowest BCUT2D eigenvalue weighted by Gasteiger charge is -2.09. The fraction of sp³-hybridized carbons (Fsp3) is 0.214. The first-order valence-electron chi connectivity index (χ1n) is 5.75. The van der Waals surface area contributed by atoms with Crippen molar-refractivity contribution >= 4 is 5.97 Å². The first-order chi connectivity index (χ1) is 8.90. The Hall–Kier alpha value is -2.30. The van der Waals surface area contributed by atoms with Gasteiger partial charge in [-0.1, -0.05) is 6.07 Å². The first-order valence-corrected chi connectivity index (χ1v) is 5.75. The highest BCUT2D eigenvalue weighted by Gasteiger charge is 2.16. The predicted molar refractivity (Wildman–Crippen MR) is 68.6 cm³/mol. The lowest BCUT2D eigenvalue weighted by molar-refractivity contribution is 0.0694. The summed E-state index contributed by atoms with van der Waals surface area (Å²) in [6.45, 7) is 5.04. The summed E-state index contributed by atoms with van der Waals surface area (Å²) >= 11 is 0. The van der Waals surface area contributed by atoms with Crippen molar-refractivity contribution in [3.05, 3.63) is 46.5 Å². The van der Waals surface area contributed by atoms with Crippen molar-refractivity contribution in [1.82, 2.24) is 9.97 Å². The largest absolute Gasteiger partial charge is 0.478 e. The van der Waals surface area contributed by atoms with E-state index in [1.807, 2.05) is 6.92 Å². The van der Waals surface area contributed by atoms with Gasteiger partial charge in [-0.05, 0) is 38.5 Å². The molecule has 5 heteroatoms. The lowest BCUT2D eigenvalue weighted by atomic mass is 10.1. The number of halogens is 1. The van der Waals surface area contributed by atoms with Crippen LogP contribution in [0.1, 0.15) is 27.3 Å². The molecule has 4 nitrogen and oxygen atoms in total. The predicted octanol–water partition coefficient (Wildman–Crippen LogP) is 2.91. The van der Waals surface area contributed by atoms with Crippen LogP contribution in [0.5, 0.6) is 0 Å². The Morgan fingerprint density at radius 1 is 1.16 bits per heavy atom. The fourth-order valence-corrected chi connectivity index (χ4v) is 1.98. The van der Waals surface area contributed by atoms with Gasteiger partial charge in [0.25, 0.3) is 0 Å². The summed E-state index contributed by atoms with van der Waals surface area (Å²) in [5.74, 6) is -1.09. The van der Waals surface area contributed by atoms with Gasteiger partial charge in [0.1, 0.15) is 11.4 Å². The van der Waals surface area contributed by atoms with Gasteiger partial charge in [-0.2, -0.15) is 0 Å². The summed E-state index contributed by atoms with van der Waals surface area (Å²) in [5, 5.41) is 9.07. The van der Waals surface area contributed by atoms with E-state index in [9.17, 15) is 9.18 Å². The molecule has 1 heterocycles. The van der Waals surface area contributed by atoms with Crippen molar-refractivity contribution in [3.8, 4) is 11.4 Å². The highest BCUT2D eigenvalue weighted by molar-refractivity contribution is 5.90. The Balaban J connectivity index is 2.65. The quantitative estimate of drug-likeness (QED) is 0.901. The molecule has 1 N–H and O–H groups in total. The summed E-state index contributed by atoms with van der Waals surface area (Å²) < 4.78 is 13.3. The van der Waals surface area contributed by atoms with E-state index < -0.39 is 5.97 Å². The molecule has 2 aromatic rings. The third-order valence-electron chi connectivity index (χ3n) is 2.93. The monoisotopic (exact) mass is 260 g/mol. The number of aryl methyl sites for hydroxylation is 3. The summed E-state index contributed by atoms with van der Waals surface area (Å²) in [6, 6.07) is 4.36. The molecule has 0 radical (unpaired) electrons. The number of hydrogen-bond donors (Lipinski definition) is 1. The summed E-state index contributed by atoms with van der Waals surface area (Å²) in [4.78, 5) is 19.4. The van der Waals surface area contributed by atoms with Crippen LogP contribution in [-0.4, -0.2) is 21.0 Å². The average molecular weight is 260 g/mol. The van der Waals surface area contributed by atoms with Crippen molar-refractivity contribution in [2.24, 2.45) is 0 Å². The number of rotatable bonds is 2. The third-order valence-corrected chi connectivity index (χ3v) is 2.93. The van der Waals surface area contributed by atoms with E-state index in [-0.39, 0.29) is 11.4 Å². The van der Waals surface area contributed by atoms with E-state index in [4.69, 9.17) is 5.11 Å². The number of nitrogens with zero attached hydrogens (tertiary/aromatic N) is 2. The molecule has 2 rings (SSSR count). The van der Waals surface area contributed by atoms with Crippen molar-refractivity contribution in [2.45, 2.75) is 20.8 Å². The Labute approximate surface area is 110 Å². The minimum Gasteiger partial charge on any atom is -0.478 e. The van der Waals surface area contributed by atoms with E-state index in [0.717, 1.165) is 5.56 Å². The second kappa shape index (κ2) is 4.76. The third kappa shape index (κ3) is 2.45. The molecule has 0 spiro atoms. The standard InChI is InChI=1S/C14H13FN2O2/c1-7-4-5-10(15)6-11(7)13-16-8(2)12(14(18)19)9(3)17-13/h4-6H,1-3H3,(H,18,19). The van der Waals surface area contributed by atoms with Gasteiger partial charge in [-0.25, -0.2) is 19.2 Å². The van der Waals surface area contributed by atoms with E-state index in [0.29, 0.717) is 22.8 Å². The van der Waals surface area contributed by atoms with Crippen LogP contribution < -0.4 is 0 Å². The molecule has 0 saturated carbocycles. The highest BCUT2D eigenvalue weighted by atomic mass is 19.1. The number of aromatic carboxylic acids is 1. The van der Waals surface area contributed by atoms with Crippen molar-refractivity contribution < 1.29 is 14.3 Å². The maximum absolute atomic E-state index is 13.3. The molecule has 0 aliphatic heterocycles. The van der Waals surface area contributed by atoms with Crippen molar-refractivity contribution in [1.29, 1.82) is 0 Å². The summed E-state index contributed by atoms with van der Waals surface area (Å²) in [7, 11) is 0. The Morgan fingerprint density at radius 2 is 1.74 bits per heavy atom. The maximum Gasteiger partial charge on any atom is 0.339 e. The zero-order chi connectivity index (χ0) is 14.2. The number of benzene rings is 1. The number of aromatic nitrogens is 2. The van der Waals surface area contributed by atoms with Crippen LogP contribution in [0.15, 0.2) is 18.2 Å². The first kappa shape index (κ1) is 13.1. The van der Waals surface area contributed by atoms with E-state index >= 15 is 0 Å². The molecule has 1 aromatic heterocycles. The zero-order valence-electron chi connectivity index (χ0n) is 10.9. The molecule has 0 bridgehead atoms. The van der Waals surface area contributed by atoms with Crippen LogP contribution in [0.4, 0.5) is 4.39 Å². The van der Waals surface area contributed by atoms with Gasteiger partial charge in [0.05, 0.1) is 11.4 Å². The van der Waals surface area contributed by atoms with Gasteiger partial charge in [-0.15, -0.1) is 0 Å². The minimum absolute atomic E-state index is 0.0952. The molecule has 0 saturated heterocycles. The van der Waals surface area contributed by atoms with Crippen LogP contribution in [0, 0.1) is 26.6 Å². The van der Waals surface area contributed by atoms with E-state index in [2.05, 4.69) is 9.97 Å². The van der Waals surface area contributed by atoms with Gasteiger partial charge in [0.2, 0.25) is 0 Å². The molecule has 0 aliphatic carbocycles. The Morgan fingerprint density at radius 3 is 2.26 bits per heavy atom. The van der Waals surface area contributed by atoms with Gasteiger partial charge in [-0.3, -0.25) is 0 Å². The molecular formula is C14H13FN2O2. The second-order valence-electron chi connectivity index (χ2n) is 4.36. The lowest BCUT2D eigenvalue weighted by Crippen LogP contribution is -2.08. The molecule has 19 heavy (non-hydrogen) atoms. The van der Waals surface area contributed by atoms with Gasteiger partial charge >= 0.3 is 5.97 Å². The van der Waals surface area contributed by atoms with E-state index in [1.54, 1.807) is 19.9 Å². The van der Waals surface area contributed by atoms with Crippen molar-refractivity contribution in [3.63, 3.8) is 0 Å². The smallest absolute Gasteiger partial charge is 0.339 e. The van der Waals surface area contributed by atoms with Gasteiger partial charge in [0, 0.05) is 5.56 Å². The van der Waals surface area contributed by atoms with Crippen LogP contribution in [-0.2, 0) is 0 Å². The summed E-state index contributed by atoms with van der Waals surface area (Å²) in [6.07, 6.45) is 0. The van der Waals surface area contributed by atoms with E-state index in [1.165, 1.54) is 12.1 Å². The van der Waals surface area contributed by atoms with Crippen LogP contribution >= 0.6 is 0 Å². The van der Waals surface area contributed by atoms with Crippen LogP contribution in [0.2, 0.25) is 0 Å². The maximum atomic E-state index is 13.3. The molecule has 0 unspecified atom stereocenters. The van der Waals surface area contributed by atoms with Crippen LogP contribution in [0.3, 0.4) is 0 Å². The molecule has 0 atom stereocenters. The number of hydrogen-bond acceptors (Lipinski definition) is 3. The summed E-state index contributed by atoms with van der Waals surface area (Å²) in [5.41, 5.74) is 2.25. The normalized spacial score (nSPS) is 10.5. The topological polar surface area (TPSA) is 63.1 Å². The second-order valence-corrected chi connectivity index (χ2v) is 4.36. The molecular weight excluding hydrogens is 247 g/mol. The average Bonchev–Trinajstić information content (AvgIpc) is 2.30. The van der Waals surface area contributed by atoms with Gasteiger partial charge in [0.15, 0.2) is 5.82 Å². The molecule has 98 valence electrons. The zero-order valence-corrected chi connectivity index (χ0v) is 10.9. The molecule has 1 aromatic carbocycles.